The van der Waals surface area contributed by atoms with E-state index in [-0.39, 0.29) is 29.2 Å². The number of halogens is 1. The molecule has 2 amide bonds. The fourth-order valence-corrected chi connectivity index (χ4v) is 3.54. The molecule has 3 rings (SSSR count). The maximum absolute atomic E-state index is 13.7. The second-order valence-electron chi connectivity index (χ2n) is 8.95. The summed E-state index contributed by atoms with van der Waals surface area (Å²) in [4.78, 5) is 27.3. The molecule has 0 atom stereocenters. The first-order chi connectivity index (χ1) is 15.8. The van der Waals surface area contributed by atoms with Crippen molar-refractivity contribution in [1.82, 2.24) is 4.90 Å². The predicted octanol–water partition coefficient (Wildman–Crippen LogP) is 4.63. The number of hydrogen-bond acceptors (Lipinski definition) is 3. The number of rotatable bonds is 9. The molecule has 0 spiro atoms. The molecule has 0 saturated heterocycles. The van der Waals surface area contributed by atoms with Crippen molar-refractivity contribution in [3.8, 4) is 0 Å². The standard InChI is InChI=1S/C27H30FN3O2/c1-27(2,18-29)19-31(26(33)22-11-7-12-23(28)16-22)17-21-10-6-13-24(14-21)30-25(32)15-20-8-4-3-5-9-20/h3-14,16H,15,17-19,29H2,1-2H3,(H,30,32). The summed E-state index contributed by atoms with van der Waals surface area (Å²) in [6.45, 7) is 5.08. The molecule has 3 aromatic rings. The van der Waals surface area contributed by atoms with Gasteiger partial charge in [-0.25, -0.2) is 4.39 Å². The van der Waals surface area contributed by atoms with Crippen molar-refractivity contribution in [2.45, 2.75) is 26.8 Å². The van der Waals surface area contributed by atoms with Gasteiger partial charge in [0.05, 0.1) is 6.42 Å². The molecule has 5 nitrogen and oxygen atoms in total. The maximum Gasteiger partial charge on any atom is 0.254 e. The number of nitrogens with one attached hydrogen (secondary N) is 1. The Labute approximate surface area is 194 Å². The van der Waals surface area contributed by atoms with Crippen molar-refractivity contribution in [3.63, 3.8) is 0 Å². The first kappa shape index (κ1) is 24.1. The molecule has 0 heterocycles. The Morgan fingerprint density at radius 1 is 0.939 bits per heavy atom. The van der Waals surface area contributed by atoms with E-state index in [9.17, 15) is 14.0 Å². The molecule has 33 heavy (non-hydrogen) atoms. The van der Waals surface area contributed by atoms with Gasteiger partial charge in [-0.05, 0) is 53.4 Å². The molecule has 0 aliphatic rings. The van der Waals surface area contributed by atoms with Crippen LogP contribution in [0.4, 0.5) is 10.1 Å². The van der Waals surface area contributed by atoms with Gasteiger partial charge in [-0.1, -0.05) is 62.4 Å². The van der Waals surface area contributed by atoms with Crippen LogP contribution in [-0.4, -0.2) is 29.8 Å². The summed E-state index contributed by atoms with van der Waals surface area (Å²) in [6, 6.07) is 22.6. The molecule has 0 unspecified atom stereocenters. The number of hydrogen-bond donors (Lipinski definition) is 2. The normalized spacial score (nSPS) is 11.2. The van der Waals surface area contributed by atoms with Crippen LogP contribution in [0.5, 0.6) is 0 Å². The molecular formula is C27H30FN3O2. The lowest BCUT2D eigenvalue weighted by Gasteiger charge is -2.32. The lowest BCUT2D eigenvalue weighted by molar-refractivity contribution is -0.115. The molecule has 0 aliphatic carbocycles. The molecule has 172 valence electrons. The Balaban J connectivity index is 1.76. The molecule has 0 aliphatic heterocycles. The Morgan fingerprint density at radius 2 is 1.64 bits per heavy atom. The third-order valence-electron chi connectivity index (χ3n) is 5.32. The number of carbonyl (C=O) groups excluding carboxylic acids is 2. The molecular weight excluding hydrogens is 417 g/mol. The minimum absolute atomic E-state index is 0.115. The zero-order chi connectivity index (χ0) is 23.8. The van der Waals surface area contributed by atoms with Gasteiger partial charge in [0.2, 0.25) is 5.91 Å². The minimum atomic E-state index is -0.456. The van der Waals surface area contributed by atoms with Crippen molar-refractivity contribution < 1.29 is 14.0 Å². The molecule has 0 aromatic heterocycles. The van der Waals surface area contributed by atoms with Gasteiger partial charge in [0.15, 0.2) is 0 Å². The van der Waals surface area contributed by atoms with Crippen LogP contribution in [0.3, 0.4) is 0 Å². The zero-order valence-electron chi connectivity index (χ0n) is 19.1. The topological polar surface area (TPSA) is 75.4 Å². The highest BCUT2D eigenvalue weighted by Gasteiger charge is 2.25. The molecule has 3 aromatic carbocycles. The van der Waals surface area contributed by atoms with Crippen molar-refractivity contribution in [2.24, 2.45) is 11.1 Å². The summed E-state index contributed by atoms with van der Waals surface area (Å²) in [5, 5.41) is 2.92. The van der Waals surface area contributed by atoms with Gasteiger partial charge in [0.25, 0.3) is 5.91 Å². The first-order valence-corrected chi connectivity index (χ1v) is 10.9. The van der Waals surface area contributed by atoms with Crippen LogP contribution in [0, 0.1) is 11.2 Å². The van der Waals surface area contributed by atoms with Crippen LogP contribution in [0.1, 0.15) is 35.3 Å². The molecule has 3 N–H and O–H groups in total. The Bertz CT molecular complexity index is 1100. The molecule has 6 heteroatoms. The second-order valence-corrected chi connectivity index (χ2v) is 8.95. The Kier molecular flexibility index (Phi) is 7.96. The molecule has 0 fully saturated rings. The largest absolute Gasteiger partial charge is 0.334 e. The number of benzene rings is 3. The summed E-state index contributed by atoms with van der Waals surface area (Å²) >= 11 is 0. The van der Waals surface area contributed by atoms with E-state index in [2.05, 4.69) is 5.32 Å². The van der Waals surface area contributed by atoms with Crippen LogP contribution < -0.4 is 11.1 Å². The summed E-state index contributed by atoms with van der Waals surface area (Å²) in [6.07, 6.45) is 0.278. The maximum atomic E-state index is 13.7. The van der Waals surface area contributed by atoms with Crippen LogP contribution in [0.2, 0.25) is 0 Å². The lowest BCUT2D eigenvalue weighted by Crippen LogP contribution is -2.41. The minimum Gasteiger partial charge on any atom is -0.334 e. The van der Waals surface area contributed by atoms with E-state index in [1.165, 1.54) is 18.2 Å². The third-order valence-corrected chi connectivity index (χ3v) is 5.32. The van der Waals surface area contributed by atoms with Crippen LogP contribution in [0.25, 0.3) is 0 Å². The van der Waals surface area contributed by atoms with Crippen molar-refractivity contribution >= 4 is 17.5 Å². The predicted molar refractivity (Wildman–Crippen MR) is 129 cm³/mol. The van der Waals surface area contributed by atoms with Crippen LogP contribution in [0.15, 0.2) is 78.9 Å². The SMILES string of the molecule is CC(C)(CN)CN(Cc1cccc(NC(=O)Cc2ccccc2)c1)C(=O)c1cccc(F)c1. The third kappa shape index (κ3) is 7.26. The Morgan fingerprint density at radius 3 is 2.33 bits per heavy atom. The van der Waals surface area contributed by atoms with E-state index in [1.54, 1.807) is 11.0 Å². The second kappa shape index (κ2) is 10.9. The molecule has 0 bridgehead atoms. The monoisotopic (exact) mass is 447 g/mol. The number of amides is 2. The van der Waals surface area contributed by atoms with Gasteiger partial charge in [-0.15, -0.1) is 0 Å². The Hall–Kier alpha value is -3.51. The fourth-order valence-electron chi connectivity index (χ4n) is 3.54. The van der Waals surface area contributed by atoms with Gasteiger partial charge < -0.3 is 16.0 Å². The average Bonchev–Trinajstić information content (AvgIpc) is 2.79. The van der Waals surface area contributed by atoms with Gasteiger partial charge in [0.1, 0.15) is 5.82 Å². The van der Waals surface area contributed by atoms with Crippen molar-refractivity contribution in [2.75, 3.05) is 18.4 Å². The zero-order valence-corrected chi connectivity index (χ0v) is 19.1. The van der Waals surface area contributed by atoms with E-state index in [4.69, 9.17) is 5.73 Å². The summed E-state index contributed by atoms with van der Waals surface area (Å²) in [7, 11) is 0. The highest BCUT2D eigenvalue weighted by molar-refractivity contribution is 5.94. The van der Waals surface area contributed by atoms with Gasteiger partial charge >= 0.3 is 0 Å². The average molecular weight is 448 g/mol. The smallest absolute Gasteiger partial charge is 0.254 e. The number of carbonyl (C=O) groups is 2. The van der Waals surface area contributed by atoms with Crippen LogP contribution in [-0.2, 0) is 17.8 Å². The summed E-state index contributed by atoms with van der Waals surface area (Å²) < 4.78 is 13.7. The summed E-state index contributed by atoms with van der Waals surface area (Å²) in [5.41, 5.74) is 8.32. The van der Waals surface area contributed by atoms with E-state index >= 15 is 0 Å². The quantitative estimate of drug-likeness (QED) is 0.502. The highest BCUT2D eigenvalue weighted by Crippen LogP contribution is 2.21. The van der Waals surface area contributed by atoms with Crippen molar-refractivity contribution in [3.05, 3.63) is 101 Å². The van der Waals surface area contributed by atoms with Gasteiger partial charge in [0, 0.05) is 24.3 Å². The van der Waals surface area contributed by atoms with E-state index in [0.29, 0.717) is 25.3 Å². The molecule has 0 saturated carbocycles. The van der Waals surface area contributed by atoms with Gasteiger partial charge in [-0.3, -0.25) is 9.59 Å². The fraction of sp³-hybridized carbons (Fsp3) is 0.259. The number of anilines is 1. The van der Waals surface area contributed by atoms with Gasteiger partial charge in [-0.2, -0.15) is 0 Å². The van der Waals surface area contributed by atoms with E-state index in [1.807, 2.05) is 68.4 Å². The molecule has 0 radical (unpaired) electrons. The van der Waals surface area contributed by atoms with Crippen LogP contribution >= 0.6 is 0 Å². The number of nitrogens with two attached hydrogens (primary N) is 1. The lowest BCUT2D eigenvalue weighted by atomic mass is 9.92. The first-order valence-electron chi connectivity index (χ1n) is 10.9. The van der Waals surface area contributed by atoms with E-state index in [0.717, 1.165) is 11.1 Å². The summed E-state index contributed by atoms with van der Waals surface area (Å²) in [5.74, 6) is -0.841. The van der Waals surface area contributed by atoms with Crippen molar-refractivity contribution in [1.29, 1.82) is 0 Å². The number of nitrogens with zero attached hydrogens (tertiary/aromatic N) is 1. The highest BCUT2D eigenvalue weighted by atomic mass is 19.1. The van der Waals surface area contributed by atoms with E-state index < -0.39 is 5.82 Å².